The first-order chi connectivity index (χ1) is 12.5. The Hall–Kier alpha value is -3.19. The summed E-state index contributed by atoms with van der Waals surface area (Å²) in [6.45, 7) is 0.573. The van der Waals surface area contributed by atoms with Crippen LogP contribution in [0.1, 0.15) is 16.1 Å². The van der Waals surface area contributed by atoms with E-state index in [0.717, 1.165) is 15.9 Å². The molecule has 26 heavy (non-hydrogen) atoms. The van der Waals surface area contributed by atoms with Crippen LogP contribution in [0.2, 0.25) is 5.02 Å². The average molecular weight is 370 g/mol. The smallest absolute Gasteiger partial charge is 0.277 e. The highest BCUT2D eigenvalue weighted by molar-refractivity contribution is 6.30. The minimum absolute atomic E-state index is 0.139. The number of pyridine rings is 1. The van der Waals surface area contributed by atoms with E-state index >= 15 is 0 Å². The van der Waals surface area contributed by atoms with Gasteiger partial charge in [0.2, 0.25) is 0 Å². The summed E-state index contributed by atoms with van der Waals surface area (Å²) in [5.74, 6) is -0.0324. The Balaban J connectivity index is 1.61. The van der Waals surface area contributed by atoms with Gasteiger partial charge in [0, 0.05) is 36.6 Å². The van der Waals surface area contributed by atoms with Crippen molar-refractivity contribution in [3.05, 3.63) is 81.4 Å². The van der Waals surface area contributed by atoms with Crippen molar-refractivity contribution in [1.29, 1.82) is 0 Å². The zero-order valence-electron chi connectivity index (χ0n) is 13.9. The lowest BCUT2D eigenvalue weighted by Gasteiger charge is -2.08. The first-order valence-electron chi connectivity index (χ1n) is 7.81. The summed E-state index contributed by atoms with van der Waals surface area (Å²) < 4.78 is 1.10. The molecule has 132 valence electrons. The van der Waals surface area contributed by atoms with Crippen molar-refractivity contribution < 1.29 is 4.79 Å². The Morgan fingerprint density at radius 1 is 1.19 bits per heavy atom. The molecular weight excluding hydrogens is 354 g/mol. The van der Waals surface area contributed by atoms with Crippen LogP contribution in [0.25, 0.3) is 0 Å². The maximum Gasteiger partial charge on any atom is 0.277 e. The summed E-state index contributed by atoms with van der Waals surface area (Å²) in [5, 5.41) is 10.5. The number of carbonyl (C=O) groups excluding carboxylic acids is 1. The number of anilines is 2. The lowest BCUT2D eigenvalue weighted by atomic mass is 10.2. The van der Waals surface area contributed by atoms with Gasteiger partial charge in [-0.25, -0.2) is 9.67 Å². The maximum absolute atomic E-state index is 12.2. The van der Waals surface area contributed by atoms with Crippen LogP contribution in [0.4, 0.5) is 11.5 Å². The number of amides is 1. The lowest BCUT2D eigenvalue weighted by Crippen LogP contribution is -2.23. The van der Waals surface area contributed by atoms with Crippen LogP contribution in [-0.4, -0.2) is 20.7 Å². The molecule has 0 atom stereocenters. The highest BCUT2D eigenvalue weighted by atomic mass is 35.5. The molecule has 3 aromatic rings. The molecule has 0 radical (unpaired) electrons. The molecule has 0 aliphatic rings. The Labute approximate surface area is 154 Å². The molecule has 0 aliphatic heterocycles. The lowest BCUT2D eigenvalue weighted by molar-refractivity contribution is 0.101. The summed E-state index contributed by atoms with van der Waals surface area (Å²) in [4.78, 5) is 27.7. The zero-order chi connectivity index (χ0) is 18.5. The number of carbonyl (C=O) groups is 1. The van der Waals surface area contributed by atoms with Gasteiger partial charge in [-0.3, -0.25) is 9.59 Å². The Kier molecular flexibility index (Phi) is 5.28. The van der Waals surface area contributed by atoms with Crippen LogP contribution >= 0.6 is 11.6 Å². The second kappa shape index (κ2) is 7.79. The first-order valence-corrected chi connectivity index (χ1v) is 8.19. The Morgan fingerprint density at radius 3 is 2.73 bits per heavy atom. The van der Waals surface area contributed by atoms with Crippen molar-refractivity contribution in [2.45, 2.75) is 6.54 Å². The summed E-state index contributed by atoms with van der Waals surface area (Å²) in [7, 11) is 1.49. The van der Waals surface area contributed by atoms with E-state index in [-0.39, 0.29) is 11.3 Å². The fourth-order valence-corrected chi connectivity index (χ4v) is 2.40. The van der Waals surface area contributed by atoms with Gasteiger partial charge in [0.05, 0.1) is 0 Å². The van der Waals surface area contributed by atoms with Crippen LogP contribution in [0.5, 0.6) is 0 Å². The predicted molar refractivity (Wildman–Crippen MR) is 100 cm³/mol. The van der Waals surface area contributed by atoms with Gasteiger partial charge in [0.25, 0.3) is 11.5 Å². The van der Waals surface area contributed by atoms with Crippen molar-refractivity contribution in [2.75, 3.05) is 10.6 Å². The van der Waals surface area contributed by atoms with Gasteiger partial charge >= 0.3 is 0 Å². The van der Waals surface area contributed by atoms with Crippen LogP contribution in [0, 0.1) is 0 Å². The summed E-state index contributed by atoms with van der Waals surface area (Å²) in [6, 6.07) is 13.7. The molecule has 0 saturated carbocycles. The molecule has 0 aliphatic carbocycles. The molecule has 2 N–H and O–H groups in total. The normalized spacial score (nSPS) is 10.4. The largest absolute Gasteiger partial charge is 0.381 e. The number of aryl methyl sites for hydroxylation is 1. The van der Waals surface area contributed by atoms with Crippen LogP contribution < -0.4 is 16.2 Å². The Morgan fingerprint density at radius 2 is 2.04 bits per heavy atom. The van der Waals surface area contributed by atoms with Crippen molar-refractivity contribution in [3.63, 3.8) is 0 Å². The first kappa shape index (κ1) is 17.6. The minimum Gasteiger partial charge on any atom is -0.381 e. The van der Waals surface area contributed by atoms with Crippen molar-refractivity contribution in [1.82, 2.24) is 14.8 Å². The van der Waals surface area contributed by atoms with Crippen LogP contribution in [0.3, 0.4) is 0 Å². The monoisotopic (exact) mass is 369 g/mol. The molecule has 7 nitrogen and oxygen atoms in total. The van der Waals surface area contributed by atoms with Gasteiger partial charge in [-0.2, -0.15) is 5.10 Å². The fraction of sp³-hybridized carbons (Fsp3) is 0.111. The third-order valence-corrected chi connectivity index (χ3v) is 3.82. The number of benzene rings is 1. The van der Waals surface area contributed by atoms with E-state index in [0.29, 0.717) is 17.4 Å². The van der Waals surface area contributed by atoms with Crippen LogP contribution in [0.15, 0.2) is 59.5 Å². The second-order valence-corrected chi connectivity index (χ2v) is 5.99. The molecule has 2 heterocycles. The summed E-state index contributed by atoms with van der Waals surface area (Å²) >= 11 is 5.95. The fourth-order valence-electron chi connectivity index (χ4n) is 2.21. The number of nitrogens with one attached hydrogen (secondary N) is 2. The molecule has 0 spiro atoms. The van der Waals surface area contributed by atoms with E-state index in [9.17, 15) is 9.59 Å². The highest BCUT2D eigenvalue weighted by Gasteiger charge is 2.09. The molecule has 0 unspecified atom stereocenters. The number of aromatic nitrogens is 3. The minimum atomic E-state index is -0.432. The molecule has 3 rings (SSSR count). The van der Waals surface area contributed by atoms with Gasteiger partial charge < -0.3 is 10.6 Å². The van der Waals surface area contributed by atoms with E-state index < -0.39 is 5.91 Å². The maximum atomic E-state index is 12.2. The third kappa shape index (κ3) is 4.46. The van der Waals surface area contributed by atoms with E-state index in [4.69, 9.17) is 11.6 Å². The van der Waals surface area contributed by atoms with Gasteiger partial charge in [-0.15, -0.1) is 0 Å². The molecule has 8 heteroatoms. The molecule has 2 aromatic heterocycles. The third-order valence-electron chi connectivity index (χ3n) is 3.58. The molecular formula is C18H16ClN5O2. The van der Waals surface area contributed by atoms with Gasteiger partial charge in [0.1, 0.15) is 11.5 Å². The predicted octanol–water partition coefficient (Wildman–Crippen LogP) is 2.69. The zero-order valence-corrected chi connectivity index (χ0v) is 14.7. The topological polar surface area (TPSA) is 88.9 Å². The number of hydrogen-bond donors (Lipinski definition) is 2. The standard InChI is InChI=1S/C18H16ClN5O2/c1-24-17(25)8-6-15(23-24)18(26)22-16-7-5-12(11-21-16)10-20-14-4-2-3-13(19)9-14/h2-9,11,20H,10H2,1H3,(H,21,22,26). The van der Waals surface area contributed by atoms with Crippen molar-refractivity contribution in [3.8, 4) is 0 Å². The van der Waals surface area contributed by atoms with E-state index in [1.54, 1.807) is 12.3 Å². The van der Waals surface area contributed by atoms with E-state index in [1.807, 2.05) is 30.3 Å². The SMILES string of the molecule is Cn1nc(C(=O)Nc2ccc(CNc3cccc(Cl)c3)cn2)ccc1=O. The molecule has 0 saturated heterocycles. The van der Waals surface area contributed by atoms with Gasteiger partial charge in [-0.1, -0.05) is 23.7 Å². The summed E-state index contributed by atoms with van der Waals surface area (Å²) in [5.41, 5.74) is 1.72. The van der Waals surface area contributed by atoms with E-state index in [1.165, 1.54) is 19.2 Å². The summed E-state index contributed by atoms with van der Waals surface area (Å²) in [6.07, 6.45) is 1.67. The van der Waals surface area contributed by atoms with Crippen molar-refractivity contribution >= 4 is 29.0 Å². The average Bonchev–Trinajstić information content (AvgIpc) is 2.63. The quantitative estimate of drug-likeness (QED) is 0.721. The molecule has 1 amide bonds. The van der Waals surface area contributed by atoms with Gasteiger partial charge in [0.15, 0.2) is 0 Å². The molecule has 0 fully saturated rings. The Bertz CT molecular complexity index is 985. The number of halogens is 1. The van der Waals surface area contributed by atoms with Crippen LogP contribution in [-0.2, 0) is 13.6 Å². The second-order valence-electron chi connectivity index (χ2n) is 5.55. The van der Waals surface area contributed by atoms with E-state index in [2.05, 4.69) is 20.7 Å². The highest BCUT2D eigenvalue weighted by Crippen LogP contribution is 2.16. The number of rotatable bonds is 5. The van der Waals surface area contributed by atoms with Gasteiger partial charge in [-0.05, 0) is 35.9 Å². The molecule has 1 aromatic carbocycles. The van der Waals surface area contributed by atoms with Crippen molar-refractivity contribution in [2.24, 2.45) is 7.05 Å². The molecule has 0 bridgehead atoms. The number of hydrogen-bond acceptors (Lipinski definition) is 5. The number of nitrogens with zero attached hydrogens (tertiary/aromatic N) is 3.